The Labute approximate surface area is 129 Å². The van der Waals surface area contributed by atoms with Crippen LogP contribution in [-0.2, 0) is 11.3 Å². The first-order valence-electron chi connectivity index (χ1n) is 6.04. The summed E-state index contributed by atoms with van der Waals surface area (Å²) in [6, 6.07) is 0. The van der Waals surface area contributed by atoms with E-state index >= 15 is 0 Å². The van der Waals surface area contributed by atoms with Crippen molar-refractivity contribution in [1.82, 2.24) is 14.8 Å². The highest BCUT2D eigenvalue weighted by Gasteiger charge is 2.06. The Morgan fingerprint density at radius 2 is 2.35 bits per heavy atom. The third kappa shape index (κ3) is 4.30. The number of methoxy groups -OCH3 is 1. The Morgan fingerprint density at radius 3 is 3.05 bits per heavy atom. The summed E-state index contributed by atoms with van der Waals surface area (Å²) in [5.74, 6) is 0.810. The van der Waals surface area contributed by atoms with Crippen LogP contribution in [0.1, 0.15) is 5.69 Å². The van der Waals surface area contributed by atoms with Crippen molar-refractivity contribution >= 4 is 39.6 Å². The summed E-state index contributed by atoms with van der Waals surface area (Å²) in [4.78, 5) is 11.7. The fourth-order valence-corrected chi connectivity index (χ4v) is 4.03. The number of ether oxygens (including phenoxy) is 1. The zero-order chi connectivity index (χ0) is 14.4. The third-order valence-corrected chi connectivity index (χ3v) is 5.38. The molecule has 1 N–H and O–H groups in total. The molecule has 20 heavy (non-hydrogen) atoms. The van der Waals surface area contributed by atoms with Gasteiger partial charge in [-0.3, -0.25) is 4.79 Å². The van der Waals surface area contributed by atoms with Gasteiger partial charge in [-0.1, -0.05) is 34.4 Å². The van der Waals surface area contributed by atoms with E-state index < -0.39 is 0 Å². The van der Waals surface area contributed by atoms with Crippen molar-refractivity contribution in [2.75, 3.05) is 31.3 Å². The van der Waals surface area contributed by atoms with E-state index in [4.69, 9.17) is 4.74 Å². The molecule has 0 aliphatic heterocycles. The van der Waals surface area contributed by atoms with Crippen LogP contribution in [0.3, 0.4) is 0 Å². The molecule has 0 atom stereocenters. The Bertz CT molecular complexity index is 593. The molecule has 9 heteroatoms. The molecule has 0 aliphatic carbocycles. The number of hydrogen-bond donors (Lipinski definition) is 1. The largest absolute Gasteiger partial charge is 0.383 e. The van der Waals surface area contributed by atoms with Gasteiger partial charge in [-0.25, -0.2) is 0 Å². The number of thiazole rings is 1. The second-order valence-corrected chi connectivity index (χ2v) is 7.08. The lowest BCUT2D eigenvalue weighted by Crippen LogP contribution is -2.15. The number of hydrogen-bond acceptors (Lipinski definition) is 8. The molecule has 0 aliphatic rings. The number of aryl methyl sites for hydroxylation is 1. The molecule has 0 unspecified atom stereocenters. The summed E-state index contributed by atoms with van der Waals surface area (Å²) >= 11 is 4.38. The fourth-order valence-electron chi connectivity index (χ4n) is 1.50. The van der Waals surface area contributed by atoms with Crippen LogP contribution in [0.5, 0.6) is 0 Å². The van der Waals surface area contributed by atoms with Crippen molar-refractivity contribution in [2.45, 2.75) is 17.8 Å². The zero-order valence-electron chi connectivity index (χ0n) is 11.3. The molecule has 110 valence electrons. The second kappa shape index (κ2) is 7.77. The lowest BCUT2D eigenvalue weighted by molar-refractivity contribution is 0.211. The van der Waals surface area contributed by atoms with E-state index in [1.807, 2.05) is 12.3 Å². The van der Waals surface area contributed by atoms with Crippen LogP contribution in [0.15, 0.2) is 14.5 Å². The van der Waals surface area contributed by atoms with Crippen molar-refractivity contribution in [1.29, 1.82) is 0 Å². The molecule has 0 amide bonds. The maximum Gasteiger partial charge on any atom is 0.307 e. The maximum atomic E-state index is 11.6. The Hall–Kier alpha value is -0.900. The van der Waals surface area contributed by atoms with E-state index in [1.54, 1.807) is 23.4 Å². The third-order valence-electron chi connectivity index (χ3n) is 2.51. The molecular formula is C11H16N4O2S3. The van der Waals surface area contributed by atoms with Crippen LogP contribution in [0.25, 0.3) is 0 Å². The van der Waals surface area contributed by atoms with Crippen LogP contribution in [0.2, 0.25) is 0 Å². The standard InChI is InChI=1S/C11H16N4O2S3/c1-8-7-19-11(16)15(8)4-6-18-10-14-13-9(20-10)12-3-5-17-2/h7H,3-6H2,1-2H3,(H,12,13). The van der Waals surface area contributed by atoms with Crippen molar-refractivity contribution in [2.24, 2.45) is 0 Å². The van der Waals surface area contributed by atoms with Gasteiger partial charge >= 0.3 is 4.87 Å². The predicted molar refractivity (Wildman–Crippen MR) is 84.3 cm³/mol. The highest BCUT2D eigenvalue weighted by atomic mass is 32.2. The number of nitrogens with zero attached hydrogens (tertiary/aromatic N) is 3. The van der Waals surface area contributed by atoms with Gasteiger partial charge in [0.25, 0.3) is 0 Å². The van der Waals surface area contributed by atoms with Gasteiger partial charge in [0.2, 0.25) is 5.13 Å². The highest BCUT2D eigenvalue weighted by molar-refractivity contribution is 8.01. The van der Waals surface area contributed by atoms with E-state index in [-0.39, 0.29) is 4.87 Å². The number of aromatic nitrogens is 3. The van der Waals surface area contributed by atoms with Gasteiger partial charge in [0.05, 0.1) is 6.61 Å². The molecule has 6 nitrogen and oxygen atoms in total. The fraction of sp³-hybridized carbons (Fsp3) is 0.545. The van der Waals surface area contributed by atoms with E-state index in [0.717, 1.165) is 27.5 Å². The van der Waals surface area contributed by atoms with Crippen LogP contribution in [-0.4, -0.2) is 40.8 Å². The molecule has 2 aromatic rings. The average molecular weight is 332 g/mol. The Balaban J connectivity index is 1.78. The molecule has 2 aromatic heterocycles. The molecular weight excluding hydrogens is 316 g/mol. The molecule has 0 fully saturated rings. The predicted octanol–water partition coefficient (Wildman–Crippen LogP) is 1.92. The number of thioether (sulfide) groups is 1. The molecule has 2 heterocycles. The molecule has 0 aromatic carbocycles. The van der Waals surface area contributed by atoms with Crippen molar-refractivity contribution in [3.63, 3.8) is 0 Å². The first-order chi connectivity index (χ1) is 9.70. The molecule has 0 radical (unpaired) electrons. The van der Waals surface area contributed by atoms with Crippen LogP contribution in [0, 0.1) is 6.92 Å². The smallest absolute Gasteiger partial charge is 0.307 e. The lowest BCUT2D eigenvalue weighted by Gasteiger charge is -2.02. The summed E-state index contributed by atoms with van der Waals surface area (Å²) in [7, 11) is 1.66. The van der Waals surface area contributed by atoms with E-state index in [1.165, 1.54) is 22.7 Å². The van der Waals surface area contributed by atoms with Gasteiger partial charge in [-0.2, -0.15) is 0 Å². The Kier molecular flexibility index (Phi) is 6.02. The van der Waals surface area contributed by atoms with Crippen LogP contribution >= 0.6 is 34.4 Å². The average Bonchev–Trinajstić information content (AvgIpc) is 3.00. The second-order valence-electron chi connectivity index (χ2n) is 3.94. The first-order valence-corrected chi connectivity index (χ1v) is 8.73. The minimum Gasteiger partial charge on any atom is -0.383 e. The van der Waals surface area contributed by atoms with E-state index in [0.29, 0.717) is 13.2 Å². The van der Waals surface area contributed by atoms with Crippen molar-refractivity contribution in [3.05, 3.63) is 20.7 Å². The Morgan fingerprint density at radius 1 is 1.50 bits per heavy atom. The lowest BCUT2D eigenvalue weighted by atomic mass is 10.5. The van der Waals surface area contributed by atoms with Crippen molar-refractivity contribution < 1.29 is 4.74 Å². The molecule has 0 saturated carbocycles. The first kappa shape index (κ1) is 15.5. The number of anilines is 1. The molecule has 0 spiro atoms. The summed E-state index contributed by atoms with van der Waals surface area (Å²) in [6.45, 7) is 4.01. The quantitative estimate of drug-likeness (QED) is 0.588. The van der Waals surface area contributed by atoms with Gasteiger partial charge < -0.3 is 14.6 Å². The minimum absolute atomic E-state index is 0.0993. The highest BCUT2D eigenvalue weighted by Crippen LogP contribution is 2.25. The van der Waals surface area contributed by atoms with Gasteiger partial charge in [0, 0.05) is 37.0 Å². The van der Waals surface area contributed by atoms with E-state index in [2.05, 4.69) is 15.5 Å². The van der Waals surface area contributed by atoms with Crippen LogP contribution in [0.4, 0.5) is 5.13 Å². The van der Waals surface area contributed by atoms with Gasteiger partial charge in [-0.15, -0.1) is 10.2 Å². The minimum atomic E-state index is 0.0993. The zero-order valence-corrected chi connectivity index (χ0v) is 13.7. The summed E-state index contributed by atoms with van der Waals surface area (Å²) in [5.41, 5.74) is 1.01. The molecule has 2 rings (SSSR count). The van der Waals surface area contributed by atoms with E-state index in [9.17, 15) is 4.79 Å². The van der Waals surface area contributed by atoms with Crippen LogP contribution < -0.4 is 10.2 Å². The monoisotopic (exact) mass is 332 g/mol. The SMILES string of the molecule is COCCNc1nnc(SCCn2c(C)csc2=O)s1. The molecule has 0 bridgehead atoms. The normalized spacial score (nSPS) is 10.9. The summed E-state index contributed by atoms with van der Waals surface area (Å²) in [6.07, 6.45) is 0. The number of rotatable bonds is 8. The molecule has 0 saturated heterocycles. The summed E-state index contributed by atoms with van der Waals surface area (Å²) < 4.78 is 7.65. The number of nitrogens with one attached hydrogen (secondary N) is 1. The topological polar surface area (TPSA) is 69.0 Å². The van der Waals surface area contributed by atoms with Gasteiger partial charge in [0.15, 0.2) is 4.34 Å². The van der Waals surface area contributed by atoms with Gasteiger partial charge in [-0.05, 0) is 6.92 Å². The van der Waals surface area contributed by atoms with Gasteiger partial charge in [0.1, 0.15) is 0 Å². The maximum absolute atomic E-state index is 11.6. The summed E-state index contributed by atoms with van der Waals surface area (Å²) in [5, 5.41) is 14.0. The van der Waals surface area contributed by atoms with Crippen molar-refractivity contribution in [3.8, 4) is 0 Å².